The van der Waals surface area contributed by atoms with Crippen LogP contribution in [0.5, 0.6) is 0 Å². The third-order valence-corrected chi connectivity index (χ3v) is 4.80. The van der Waals surface area contributed by atoms with E-state index in [4.69, 9.17) is 16.6 Å². The van der Waals surface area contributed by atoms with Crippen LogP contribution in [0.1, 0.15) is 18.2 Å². The predicted octanol–water partition coefficient (Wildman–Crippen LogP) is 3.63. The first kappa shape index (κ1) is 17.0. The van der Waals surface area contributed by atoms with Gasteiger partial charge in [-0.3, -0.25) is 0 Å². The van der Waals surface area contributed by atoms with Crippen molar-refractivity contribution in [3.8, 4) is 0 Å². The molecule has 0 unspecified atom stereocenters. The molecule has 2 heterocycles. The fraction of sp³-hybridized carbons (Fsp3) is 0.444. The minimum Gasteiger partial charge on any atom is -0.340 e. The average Bonchev–Trinajstić information content (AvgIpc) is 2.58. The number of halogens is 1. The van der Waals surface area contributed by atoms with Crippen LogP contribution in [0.4, 0.5) is 17.5 Å². The van der Waals surface area contributed by atoms with Crippen LogP contribution in [-0.4, -0.2) is 47.6 Å². The van der Waals surface area contributed by atoms with E-state index in [1.54, 1.807) is 0 Å². The number of nitrogens with zero attached hydrogens (tertiary/aromatic N) is 4. The molecule has 1 fully saturated rings. The summed E-state index contributed by atoms with van der Waals surface area (Å²) >= 11 is 6.21. The fourth-order valence-electron chi connectivity index (χ4n) is 2.84. The van der Waals surface area contributed by atoms with Crippen LogP contribution in [0.15, 0.2) is 24.3 Å². The zero-order chi connectivity index (χ0) is 17.1. The Morgan fingerprint density at radius 3 is 2.50 bits per heavy atom. The van der Waals surface area contributed by atoms with Crippen LogP contribution in [0.3, 0.4) is 0 Å². The Kier molecular flexibility index (Phi) is 5.21. The van der Waals surface area contributed by atoms with Crippen LogP contribution in [-0.2, 0) is 0 Å². The Morgan fingerprint density at radius 2 is 1.83 bits per heavy atom. The maximum Gasteiger partial charge on any atom is 0.227 e. The van der Waals surface area contributed by atoms with Crippen molar-refractivity contribution in [2.24, 2.45) is 0 Å². The molecule has 128 valence electrons. The second kappa shape index (κ2) is 7.36. The van der Waals surface area contributed by atoms with E-state index in [1.807, 2.05) is 38.1 Å². The molecule has 24 heavy (non-hydrogen) atoms. The average molecular weight is 346 g/mol. The van der Waals surface area contributed by atoms with Gasteiger partial charge in [0.2, 0.25) is 5.95 Å². The summed E-state index contributed by atoms with van der Waals surface area (Å²) in [6.45, 7) is 11.3. The van der Waals surface area contributed by atoms with Crippen LogP contribution >= 0.6 is 11.6 Å². The van der Waals surface area contributed by atoms with E-state index < -0.39 is 0 Å². The van der Waals surface area contributed by atoms with Crippen molar-refractivity contribution < 1.29 is 0 Å². The van der Waals surface area contributed by atoms with Crippen LogP contribution in [0, 0.1) is 13.8 Å². The van der Waals surface area contributed by atoms with Gasteiger partial charge in [0.15, 0.2) is 0 Å². The maximum absolute atomic E-state index is 6.21. The lowest BCUT2D eigenvalue weighted by atomic mass is 10.2. The number of anilines is 3. The van der Waals surface area contributed by atoms with E-state index in [2.05, 4.69) is 27.0 Å². The van der Waals surface area contributed by atoms with Crippen LogP contribution < -0.4 is 10.2 Å². The molecule has 0 spiro atoms. The topological polar surface area (TPSA) is 44.3 Å². The normalized spacial score (nSPS) is 15.6. The SMILES string of the molecule is CCN1CCN(c2nc(C)cc(Nc3ccc(C)c(Cl)c3)n2)CC1. The first-order valence-electron chi connectivity index (χ1n) is 8.41. The summed E-state index contributed by atoms with van der Waals surface area (Å²) in [7, 11) is 0. The highest BCUT2D eigenvalue weighted by Crippen LogP contribution is 2.24. The molecule has 5 nitrogen and oxygen atoms in total. The van der Waals surface area contributed by atoms with E-state index >= 15 is 0 Å². The number of benzene rings is 1. The lowest BCUT2D eigenvalue weighted by molar-refractivity contribution is 0.270. The standard InChI is InChI=1S/C18H24ClN5/c1-4-23-7-9-24(10-8-23)18-20-14(3)11-17(22-18)21-15-6-5-13(2)16(19)12-15/h5-6,11-12H,4,7-10H2,1-3H3,(H,20,21,22). The monoisotopic (exact) mass is 345 g/mol. The van der Waals surface area contributed by atoms with Crippen molar-refractivity contribution in [1.82, 2.24) is 14.9 Å². The van der Waals surface area contributed by atoms with E-state index in [0.29, 0.717) is 0 Å². The Balaban J connectivity index is 1.77. The molecule has 1 aromatic carbocycles. The molecule has 2 aromatic rings. The van der Waals surface area contributed by atoms with Gasteiger partial charge < -0.3 is 15.1 Å². The van der Waals surface area contributed by atoms with E-state index in [-0.39, 0.29) is 0 Å². The molecule has 0 radical (unpaired) electrons. The number of likely N-dealkylation sites (N-methyl/N-ethyl adjacent to an activating group) is 1. The Hall–Kier alpha value is -1.85. The number of nitrogens with one attached hydrogen (secondary N) is 1. The van der Waals surface area contributed by atoms with Gasteiger partial charge in [-0.25, -0.2) is 4.98 Å². The predicted molar refractivity (Wildman–Crippen MR) is 101 cm³/mol. The van der Waals surface area contributed by atoms with Gasteiger partial charge in [0.1, 0.15) is 5.82 Å². The molecule has 1 aliphatic heterocycles. The molecular formula is C18H24ClN5. The molecule has 1 aromatic heterocycles. The highest BCUT2D eigenvalue weighted by molar-refractivity contribution is 6.31. The number of rotatable bonds is 4. The summed E-state index contributed by atoms with van der Waals surface area (Å²) in [6, 6.07) is 7.90. The fourth-order valence-corrected chi connectivity index (χ4v) is 3.02. The third kappa shape index (κ3) is 3.97. The van der Waals surface area contributed by atoms with Gasteiger partial charge in [-0.1, -0.05) is 24.6 Å². The Labute approximate surface area is 148 Å². The molecule has 0 saturated carbocycles. The zero-order valence-corrected chi connectivity index (χ0v) is 15.3. The molecule has 1 N–H and O–H groups in total. The smallest absolute Gasteiger partial charge is 0.227 e. The zero-order valence-electron chi connectivity index (χ0n) is 14.5. The summed E-state index contributed by atoms with van der Waals surface area (Å²) in [5.41, 5.74) is 2.96. The Morgan fingerprint density at radius 1 is 1.08 bits per heavy atom. The highest BCUT2D eigenvalue weighted by Gasteiger charge is 2.18. The summed E-state index contributed by atoms with van der Waals surface area (Å²) in [5, 5.41) is 4.09. The van der Waals surface area contributed by atoms with Crippen molar-refractivity contribution in [3.05, 3.63) is 40.5 Å². The molecule has 0 atom stereocenters. The molecule has 1 aliphatic rings. The van der Waals surface area contributed by atoms with E-state index in [1.165, 1.54) is 0 Å². The van der Waals surface area contributed by atoms with Gasteiger partial charge in [-0.15, -0.1) is 0 Å². The van der Waals surface area contributed by atoms with Gasteiger partial charge in [-0.2, -0.15) is 4.98 Å². The number of aryl methyl sites for hydroxylation is 2. The van der Waals surface area contributed by atoms with Gasteiger partial charge in [-0.05, 0) is 38.1 Å². The molecule has 6 heteroatoms. The van der Waals surface area contributed by atoms with E-state index in [9.17, 15) is 0 Å². The second-order valence-corrected chi connectivity index (χ2v) is 6.61. The summed E-state index contributed by atoms with van der Waals surface area (Å²) < 4.78 is 0. The number of piperazine rings is 1. The van der Waals surface area contributed by atoms with E-state index in [0.717, 1.165) is 66.5 Å². The van der Waals surface area contributed by atoms with Crippen LogP contribution in [0.25, 0.3) is 0 Å². The molecule has 1 saturated heterocycles. The lowest BCUT2D eigenvalue weighted by Gasteiger charge is -2.34. The number of aromatic nitrogens is 2. The molecule has 0 amide bonds. The number of hydrogen-bond donors (Lipinski definition) is 1. The van der Waals surface area contributed by atoms with Gasteiger partial charge in [0.25, 0.3) is 0 Å². The van der Waals surface area contributed by atoms with Crippen molar-refractivity contribution in [2.45, 2.75) is 20.8 Å². The first-order valence-corrected chi connectivity index (χ1v) is 8.79. The molecule has 0 bridgehead atoms. The minimum absolute atomic E-state index is 0.752. The van der Waals surface area contributed by atoms with Crippen molar-refractivity contribution in [2.75, 3.05) is 42.9 Å². The van der Waals surface area contributed by atoms with Gasteiger partial charge in [0, 0.05) is 48.6 Å². The van der Waals surface area contributed by atoms with Crippen molar-refractivity contribution >= 4 is 29.1 Å². The largest absolute Gasteiger partial charge is 0.340 e. The first-order chi connectivity index (χ1) is 11.5. The summed E-state index contributed by atoms with van der Waals surface area (Å²) in [4.78, 5) is 14.0. The maximum atomic E-state index is 6.21. The van der Waals surface area contributed by atoms with Crippen LogP contribution in [0.2, 0.25) is 5.02 Å². The minimum atomic E-state index is 0.752. The van der Waals surface area contributed by atoms with Crippen molar-refractivity contribution in [3.63, 3.8) is 0 Å². The third-order valence-electron chi connectivity index (χ3n) is 4.39. The van der Waals surface area contributed by atoms with Gasteiger partial charge >= 0.3 is 0 Å². The number of hydrogen-bond acceptors (Lipinski definition) is 5. The quantitative estimate of drug-likeness (QED) is 0.916. The summed E-state index contributed by atoms with van der Waals surface area (Å²) in [6.07, 6.45) is 0. The summed E-state index contributed by atoms with van der Waals surface area (Å²) in [5.74, 6) is 1.60. The van der Waals surface area contributed by atoms with Gasteiger partial charge in [0.05, 0.1) is 0 Å². The molecular weight excluding hydrogens is 322 g/mol. The van der Waals surface area contributed by atoms with Crippen molar-refractivity contribution in [1.29, 1.82) is 0 Å². The lowest BCUT2D eigenvalue weighted by Crippen LogP contribution is -2.46. The Bertz CT molecular complexity index is 711. The molecule has 3 rings (SSSR count). The highest BCUT2D eigenvalue weighted by atomic mass is 35.5. The molecule has 0 aliphatic carbocycles. The second-order valence-electron chi connectivity index (χ2n) is 6.20.